The second-order valence-corrected chi connectivity index (χ2v) is 8.00. The van der Waals surface area contributed by atoms with Crippen molar-refractivity contribution in [1.29, 1.82) is 0 Å². The number of H-pyrrole nitrogens is 1. The number of hydrogen-bond donors (Lipinski definition) is 1. The van der Waals surface area contributed by atoms with Gasteiger partial charge in [-0.05, 0) is 31.4 Å². The first kappa shape index (κ1) is 16.7. The van der Waals surface area contributed by atoms with Gasteiger partial charge in [0.2, 0.25) is 0 Å². The molecular weight excluding hydrogens is 362 g/mol. The van der Waals surface area contributed by atoms with E-state index in [1.807, 2.05) is 12.3 Å². The van der Waals surface area contributed by atoms with Crippen LogP contribution in [0.4, 0.5) is 5.82 Å². The monoisotopic (exact) mass is 385 g/mol. The summed E-state index contributed by atoms with van der Waals surface area (Å²) in [5, 5.41) is 9.81. The van der Waals surface area contributed by atoms with E-state index in [-0.39, 0.29) is 6.04 Å². The van der Waals surface area contributed by atoms with Crippen LogP contribution in [0.25, 0.3) is 28.1 Å². The van der Waals surface area contributed by atoms with E-state index in [4.69, 9.17) is 9.97 Å². The zero-order chi connectivity index (χ0) is 19.4. The fourth-order valence-electron chi connectivity index (χ4n) is 4.97. The molecule has 1 fully saturated rings. The maximum atomic E-state index is 5.09. The lowest BCUT2D eigenvalue weighted by molar-refractivity contribution is 0.469. The van der Waals surface area contributed by atoms with E-state index >= 15 is 0 Å². The predicted molar refractivity (Wildman–Crippen MR) is 112 cm³/mol. The highest BCUT2D eigenvalue weighted by Crippen LogP contribution is 2.42. The number of aromatic nitrogens is 6. The van der Waals surface area contributed by atoms with Crippen LogP contribution in [0.3, 0.4) is 0 Å². The first-order valence-electron chi connectivity index (χ1n) is 10.5. The average molecular weight is 385 g/mol. The summed E-state index contributed by atoms with van der Waals surface area (Å²) in [7, 11) is 0. The van der Waals surface area contributed by atoms with Crippen molar-refractivity contribution in [3.05, 3.63) is 48.7 Å². The molecule has 7 nitrogen and oxygen atoms in total. The Morgan fingerprint density at radius 3 is 2.86 bits per heavy atom. The molecule has 4 aromatic rings. The van der Waals surface area contributed by atoms with Gasteiger partial charge < -0.3 is 9.88 Å². The van der Waals surface area contributed by atoms with Crippen molar-refractivity contribution in [3.63, 3.8) is 0 Å². The van der Waals surface area contributed by atoms with Crippen molar-refractivity contribution in [3.8, 4) is 17.2 Å². The van der Waals surface area contributed by atoms with Crippen LogP contribution in [-0.4, -0.2) is 35.8 Å². The summed E-state index contributed by atoms with van der Waals surface area (Å²) in [5.74, 6) is 2.72. The van der Waals surface area contributed by atoms with Gasteiger partial charge in [0, 0.05) is 16.9 Å². The van der Waals surface area contributed by atoms with Gasteiger partial charge in [-0.15, -0.1) is 10.2 Å². The molecule has 146 valence electrons. The van der Waals surface area contributed by atoms with Crippen molar-refractivity contribution in [2.75, 3.05) is 4.90 Å². The van der Waals surface area contributed by atoms with E-state index in [1.54, 1.807) is 6.33 Å². The molecule has 4 heterocycles. The van der Waals surface area contributed by atoms with Gasteiger partial charge in [0.05, 0.1) is 17.9 Å². The Balaban J connectivity index is 1.53. The van der Waals surface area contributed by atoms with Gasteiger partial charge in [-0.3, -0.25) is 4.57 Å². The average Bonchev–Trinajstić information content (AvgIpc) is 3.52. The number of nitrogens with zero attached hydrogens (tertiary/aromatic N) is 6. The molecule has 1 aliphatic carbocycles. The topological polar surface area (TPSA) is 75.5 Å². The van der Waals surface area contributed by atoms with Crippen molar-refractivity contribution in [2.24, 2.45) is 0 Å². The Hall–Kier alpha value is -3.22. The SMILES string of the molecule is CC[C@@H]1c2nncn2-c2cnc(-c3cc4ccccc4[nH]3)nc2N1C1CCCC1. The Morgan fingerprint density at radius 1 is 1.17 bits per heavy atom. The third-order valence-electron chi connectivity index (χ3n) is 6.34. The van der Waals surface area contributed by atoms with Crippen LogP contribution in [0.15, 0.2) is 42.9 Å². The number of para-hydroxylation sites is 1. The molecule has 0 spiro atoms. The largest absolute Gasteiger partial charge is 0.352 e. The van der Waals surface area contributed by atoms with Crippen LogP contribution >= 0.6 is 0 Å². The minimum absolute atomic E-state index is 0.193. The van der Waals surface area contributed by atoms with Gasteiger partial charge >= 0.3 is 0 Å². The molecule has 0 unspecified atom stereocenters. The normalized spacial score (nSPS) is 18.9. The lowest BCUT2D eigenvalue weighted by Gasteiger charge is -2.40. The summed E-state index contributed by atoms with van der Waals surface area (Å²) in [5.41, 5.74) is 3.02. The number of benzene rings is 1. The molecule has 1 atom stereocenters. The van der Waals surface area contributed by atoms with E-state index in [0.29, 0.717) is 6.04 Å². The standard InChI is InChI=1S/C22H23N7/c1-2-18-22-27-24-13-28(22)19-12-23-20(17-11-14-7-3-6-10-16(14)25-17)26-21(19)29(18)15-8-4-5-9-15/h3,6-7,10-13,15,18,25H,2,4-5,8-9H2,1H3/t18-/m1/s1. The van der Waals surface area contributed by atoms with Gasteiger partial charge in [0.1, 0.15) is 12.0 Å². The number of rotatable bonds is 3. The fourth-order valence-corrected chi connectivity index (χ4v) is 4.97. The summed E-state index contributed by atoms with van der Waals surface area (Å²) in [6.07, 6.45) is 9.64. The highest BCUT2D eigenvalue weighted by Gasteiger charge is 2.38. The Morgan fingerprint density at radius 2 is 2.03 bits per heavy atom. The molecule has 3 aromatic heterocycles. The quantitative estimate of drug-likeness (QED) is 0.565. The Bertz CT molecular complexity index is 1150. The van der Waals surface area contributed by atoms with Crippen LogP contribution in [0, 0.1) is 0 Å². The Kier molecular flexibility index (Phi) is 3.69. The van der Waals surface area contributed by atoms with Crippen molar-refractivity contribution < 1.29 is 0 Å². The second-order valence-electron chi connectivity index (χ2n) is 8.00. The highest BCUT2D eigenvalue weighted by atomic mass is 15.4. The molecule has 2 aliphatic rings. The molecule has 1 N–H and O–H groups in total. The third-order valence-corrected chi connectivity index (χ3v) is 6.34. The van der Waals surface area contributed by atoms with Crippen LogP contribution in [-0.2, 0) is 0 Å². The maximum Gasteiger partial charge on any atom is 0.178 e. The molecular formula is C22H23N7. The highest BCUT2D eigenvalue weighted by molar-refractivity contribution is 5.84. The third kappa shape index (κ3) is 2.50. The molecule has 0 saturated heterocycles. The number of nitrogens with one attached hydrogen (secondary N) is 1. The van der Waals surface area contributed by atoms with Crippen molar-refractivity contribution in [1.82, 2.24) is 29.7 Å². The summed E-state index contributed by atoms with van der Waals surface area (Å²) in [6, 6.07) is 11.1. The molecule has 1 aliphatic heterocycles. The molecule has 0 amide bonds. The zero-order valence-corrected chi connectivity index (χ0v) is 16.4. The van der Waals surface area contributed by atoms with E-state index in [1.165, 1.54) is 31.1 Å². The molecule has 1 aromatic carbocycles. The van der Waals surface area contributed by atoms with Crippen LogP contribution in [0.2, 0.25) is 0 Å². The Labute approximate surface area is 168 Å². The number of anilines is 1. The van der Waals surface area contributed by atoms with E-state index < -0.39 is 0 Å². The van der Waals surface area contributed by atoms with Gasteiger partial charge in [-0.2, -0.15) is 0 Å². The van der Waals surface area contributed by atoms with Crippen molar-refractivity contribution in [2.45, 2.75) is 51.1 Å². The first-order chi connectivity index (χ1) is 14.3. The number of fused-ring (bicyclic) bond motifs is 4. The molecule has 29 heavy (non-hydrogen) atoms. The molecule has 1 saturated carbocycles. The smallest absolute Gasteiger partial charge is 0.178 e. The maximum absolute atomic E-state index is 5.09. The van der Waals surface area contributed by atoms with E-state index in [2.05, 4.69) is 55.8 Å². The van der Waals surface area contributed by atoms with Gasteiger partial charge in [0.25, 0.3) is 0 Å². The molecule has 6 rings (SSSR count). The summed E-state index contributed by atoms with van der Waals surface area (Å²) < 4.78 is 2.06. The van der Waals surface area contributed by atoms with E-state index in [0.717, 1.165) is 40.8 Å². The van der Waals surface area contributed by atoms with E-state index in [9.17, 15) is 0 Å². The van der Waals surface area contributed by atoms with Gasteiger partial charge in [-0.1, -0.05) is 38.0 Å². The van der Waals surface area contributed by atoms with Crippen LogP contribution < -0.4 is 4.90 Å². The van der Waals surface area contributed by atoms with Crippen molar-refractivity contribution >= 4 is 16.7 Å². The summed E-state index contributed by atoms with van der Waals surface area (Å²) in [4.78, 5) is 15.8. The predicted octanol–water partition coefficient (Wildman–Crippen LogP) is 4.42. The number of hydrogen-bond acceptors (Lipinski definition) is 5. The second kappa shape index (κ2) is 6.40. The summed E-state index contributed by atoms with van der Waals surface area (Å²) >= 11 is 0. The van der Waals surface area contributed by atoms with Crippen LogP contribution in [0.1, 0.15) is 50.9 Å². The zero-order valence-electron chi connectivity index (χ0n) is 16.4. The van der Waals surface area contributed by atoms with Crippen LogP contribution in [0.5, 0.6) is 0 Å². The fraction of sp³-hybridized carbons (Fsp3) is 0.364. The number of aromatic amines is 1. The molecule has 0 radical (unpaired) electrons. The minimum Gasteiger partial charge on any atom is -0.352 e. The van der Waals surface area contributed by atoms with Gasteiger partial charge in [0.15, 0.2) is 17.5 Å². The first-order valence-corrected chi connectivity index (χ1v) is 10.5. The lowest BCUT2D eigenvalue weighted by Crippen LogP contribution is -2.42. The molecule has 7 heteroatoms. The molecule has 0 bridgehead atoms. The summed E-state index contributed by atoms with van der Waals surface area (Å²) in [6.45, 7) is 2.22. The van der Waals surface area contributed by atoms with Gasteiger partial charge in [-0.25, -0.2) is 9.97 Å². The minimum atomic E-state index is 0.193. The lowest BCUT2D eigenvalue weighted by atomic mass is 10.0.